The van der Waals surface area contributed by atoms with E-state index in [0.29, 0.717) is 18.8 Å². The number of nitrogens with zero attached hydrogens (tertiary/aromatic N) is 1. The van der Waals surface area contributed by atoms with Crippen molar-refractivity contribution in [1.29, 1.82) is 0 Å². The van der Waals surface area contributed by atoms with Crippen molar-refractivity contribution in [3.8, 4) is 0 Å². The highest BCUT2D eigenvalue weighted by Gasteiger charge is 2.34. The molecule has 31 heavy (non-hydrogen) atoms. The molecule has 5 rings (SSSR count). The van der Waals surface area contributed by atoms with Gasteiger partial charge in [0, 0.05) is 29.1 Å². The van der Waals surface area contributed by atoms with Crippen LogP contribution in [0.15, 0.2) is 47.1 Å². The summed E-state index contributed by atoms with van der Waals surface area (Å²) in [5, 5.41) is 3.88. The second kappa shape index (κ2) is 8.94. The van der Waals surface area contributed by atoms with Gasteiger partial charge in [0.2, 0.25) is 0 Å². The first-order valence-corrected chi connectivity index (χ1v) is 11.6. The third kappa shape index (κ3) is 4.05. The fourth-order valence-corrected chi connectivity index (χ4v) is 5.93. The maximum atomic E-state index is 15.1. The number of anilines is 1. The Hall–Kier alpha value is -2.48. The summed E-state index contributed by atoms with van der Waals surface area (Å²) in [6, 6.07) is 10.1. The van der Waals surface area contributed by atoms with Gasteiger partial charge in [0.25, 0.3) is 5.91 Å². The molecule has 1 saturated heterocycles. The van der Waals surface area contributed by atoms with Crippen LogP contribution in [-0.2, 0) is 17.6 Å². The second-order valence-corrected chi connectivity index (χ2v) is 9.06. The number of fused-ring (bicyclic) bond motifs is 1. The number of hydrogen-bond acceptors (Lipinski definition) is 5. The monoisotopic (exact) mass is 440 g/mol. The van der Waals surface area contributed by atoms with Gasteiger partial charge in [0.05, 0.1) is 25.5 Å². The van der Waals surface area contributed by atoms with Crippen LogP contribution in [0.2, 0.25) is 0 Å². The summed E-state index contributed by atoms with van der Waals surface area (Å²) >= 11 is 1.63. The Labute approximate surface area is 184 Å². The molecule has 1 aliphatic heterocycles. The van der Waals surface area contributed by atoms with E-state index < -0.39 is 0 Å². The number of benzene rings is 1. The van der Waals surface area contributed by atoms with Crippen LogP contribution in [0.25, 0.3) is 0 Å². The summed E-state index contributed by atoms with van der Waals surface area (Å²) in [5.41, 5.74) is 2.95. The molecule has 1 atom stereocenters. The Morgan fingerprint density at radius 2 is 1.90 bits per heavy atom. The van der Waals surface area contributed by atoms with Crippen LogP contribution in [0, 0.1) is 5.82 Å². The molecule has 1 aliphatic carbocycles. The molecule has 3 heterocycles. The van der Waals surface area contributed by atoms with Crippen molar-refractivity contribution < 1.29 is 18.3 Å². The van der Waals surface area contributed by atoms with E-state index in [9.17, 15) is 4.79 Å². The molecule has 1 fully saturated rings. The molecule has 0 radical (unpaired) electrons. The van der Waals surface area contributed by atoms with E-state index in [4.69, 9.17) is 9.15 Å². The second-order valence-electron chi connectivity index (χ2n) is 7.96. The lowest BCUT2D eigenvalue weighted by molar-refractivity contribution is 0.0233. The van der Waals surface area contributed by atoms with Crippen molar-refractivity contribution in [2.24, 2.45) is 0 Å². The van der Waals surface area contributed by atoms with Crippen LogP contribution < -0.4 is 5.32 Å². The minimum absolute atomic E-state index is 0.224. The number of rotatable bonds is 5. The van der Waals surface area contributed by atoms with Crippen molar-refractivity contribution in [3.05, 3.63) is 75.8 Å². The topological polar surface area (TPSA) is 54.7 Å². The average Bonchev–Trinajstić information content (AvgIpc) is 3.45. The van der Waals surface area contributed by atoms with Gasteiger partial charge in [-0.3, -0.25) is 9.69 Å². The maximum Gasteiger partial charge on any atom is 0.291 e. The number of carbonyl (C=O) groups excluding carboxylic acids is 1. The first kappa shape index (κ1) is 20.4. The van der Waals surface area contributed by atoms with Crippen LogP contribution in [0.1, 0.15) is 51.0 Å². The highest BCUT2D eigenvalue weighted by molar-refractivity contribution is 7.16. The third-order valence-corrected chi connectivity index (χ3v) is 7.29. The molecule has 3 aromatic rings. The molecule has 1 amide bonds. The fraction of sp³-hybridized carbons (Fsp3) is 0.375. The third-order valence-electron chi connectivity index (χ3n) is 6.07. The summed E-state index contributed by atoms with van der Waals surface area (Å²) in [6.45, 7) is 2.67. The molecule has 1 aromatic carbocycles. The summed E-state index contributed by atoms with van der Waals surface area (Å²) in [4.78, 5) is 16.4. The van der Waals surface area contributed by atoms with Gasteiger partial charge in [0.1, 0.15) is 10.8 Å². The van der Waals surface area contributed by atoms with Gasteiger partial charge < -0.3 is 14.5 Å². The maximum absolute atomic E-state index is 15.1. The summed E-state index contributed by atoms with van der Waals surface area (Å²) in [6.07, 6.45) is 5.69. The number of carbonyl (C=O) groups is 1. The van der Waals surface area contributed by atoms with Crippen LogP contribution in [0.4, 0.5) is 9.39 Å². The van der Waals surface area contributed by atoms with E-state index in [2.05, 4.69) is 10.2 Å². The molecule has 1 N–H and O–H groups in total. The molecular weight excluding hydrogens is 415 g/mol. The highest BCUT2D eigenvalue weighted by atomic mass is 32.1. The number of nitrogens with one attached hydrogen (secondary N) is 1. The first-order chi connectivity index (χ1) is 15.2. The lowest BCUT2D eigenvalue weighted by Gasteiger charge is -2.36. The zero-order chi connectivity index (χ0) is 21.2. The lowest BCUT2D eigenvalue weighted by Crippen LogP contribution is -2.40. The van der Waals surface area contributed by atoms with Crippen LogP contribution in [0.5, 0.6) is 0 Å². The number of furan rings is 1. The molecule has 0 bridgehead atoms. The van der Waals surface area contributed by atoms with Gasteiger partial charge in [-0.25, -0.2) is 4.39 Å². The predicted molar refractivity (Wildman–Crippen MR) is 118 cm³/mol. The van der Waals surface area contributed by atoms with Gasteiger partial charge in [-0.1, -0.05) is 18.2 Å². The molecule has 2 aliphatic rings. The molecule has 5 nitrogen and oxygen atoms in total. The number of aryl methyl sites for hydroxylation is 1. The van der Waals surface area contributed by atoms with E-state index in [1.54, 1.807) is 29.5 Å². The number of amides is 1. The van der Waals surface area contributed by atoms with E-state index >= 15 is 4.39 Å². The van der Waals surface area contributed by atoms with E-state index in [1.165, 1.54) is 22.8 Å². The van der Waals surface area contributed by atoms with E-state index in [-0.39, 0.29) is 23.5 Å². The van der Waals surface area contributed by atoms with Gasteiger partial charge in [-0.2, -0.15) is 0 Å². The lowest BCUT2D eigenvalue weighted by atomic mass is 9.88. The quantitative estimate of drug-likeness (QED) is 0.604. The average molecular weight is 441 g/mol. The number of hydrogen-bond donors (Lipinski definition) is 1. The Bertz CT molecular complexity index is 1060. The number of ether oxygens (including phenoxy) is 1. The summed E-state index contributed by atoms with van der Waals surface area (Å²) in [7, 11) is 0. The van der Waals surface area contributed by atoms with Crippen molar-refractivity contribution in [1.82, 2.24) is 4.90 Å². The van der Waals surface area contributed by atoms with Crippen molar-refractivity contribution >= 4 is 22.2 Å². The van der Waals surface area contributed by atoms with Gasteiger partial charge in [-0.05, 0) is 49.4 Å². The zero-order valence-electron chi connectivity index (χ0n) is 17.2. The molecule has 0 spiro atoms. The number of halogens is 1. The van der Waals surface area contributed by atoms with Gasteiger partial charge >= 0.3 is 0 Å². The van der Waals surface area contributed by atoms with E-state index in [0.717, 1.165) is 49.3 Å². The SMILES string of the molecule is O=C(Nc1sc2c(c1C(c1ccccc1F)N1CCOCC1)CCCC2)c1ccco1. The minimum Gasteiger partial charge on any atom is -0.459 e. The standard InChI is InChI=1S/C24H25FN2O3S/c25-18-8-3-1-6-16(18)22(27-11-14-29-15-12-27)21-17-7-2-4-10-20(17)31-24(21)26-23(28)19-9-5-13-30-19/h1,3,5-6,8-9,13,22H,2,4,7,10-12,14-15H2,(H,26,28). The fourth-order valence-electron chi connectivity index (χ4n) is 4.61. The Morgan fingerprint density at radius 3 is 2.68 bits per heavy atom. The van der Waals surface area contributed by atoms with Crippen LogP contribution in [-0.4, -0.2) is 37.1 Å². The highest BCUT2D eigenvalue weighted by Crippen LogP contribution is 2.46. The predicted octanol–water partition coefficient (Wildman–Crippen LogP) is 5.03. The van der Waals surface area contributed by atoms with Crippen molar-refractivity contribution in [3.63, 3.8) is 0 Å². The number of thiophene rings is 1. The van der Waals surface area contributed by atoms with Gasteiger partial charge in [-0.15, -0.1) is 11.3 Å². The minimum atomic E-state index is -0.279. The Kier molecular flexibility index (Phi) is 5.89. The Balaban J connectivity index is 1.63. The largest absolute Gasteiger partial charge is 0.459 e. The molecule has 162 valence electrons. The molecule has 2 aromatic heterocycles. The number of morpholine rings is 1. The van der Waals surface area contributed by atoms with E-state index in [1.807, 2.05) is 12.1 Å². The normalized spacial score (nSPS) is 17.8. The molecule has 0 saturated carbocycles. The van der Waals surface area contributed by atoms with Crippen LogP contribution in [0.3, 0.4) is 0 Å². The summed E-state index contributed by atoms with van der Waals surface area (Å²) in [5.74, 6) is -0.233. The van der Waals surface area contributed by atoms with Crippen LogP contribution >= 0.6 is 11.3 Å². The van der Waals surface area contributed by atoms with Crippen molar-refractivity contribution in [2.45, 2.75) is 31.7 Å². The van der Waals surface area contributed by atoms with Crippen molar-refractivity contribution in [2.75, 3.05) is 31.6 Å². The Morgan fingerprint density at radius 1 is 1.10 bits per heavy atom. The first-order valence-electron chi connectivity index (χ1n) is 10.8. The van der Waals surface area contributed by atoms with Gasteiger partial charge in [0.15, 0.2) is 5.76 Å². The molecule has 7 heteroatoms. The smallest absolute Gasteiger partial charge is 0.291 e. The molecular formula is C24H25FN2O3S. The zero-order valence-corrected chi connectivity index (χ0v) is 18.1. The summed E-state index contributed by atoms with van der Waals surface area (Å²) < 4.78 is 25.9. The molecule has 1 unspecified atom stereocenters.